The third kappa shape index (κ3) is 3.94. The van der Waals surface area contributed by atoms with E-state index in [0.717, 1.165) is 31.7 Å². The highest BCUT2D eigenvalue weighted by atomic mass is 16.4. The largest absolute Gasteiger partial charge is 0.478 e. The Morgan fingerprint density at radius 2 is 1.69 bits per heavy atom. The van der Waals surface area contributed by atoms with Crippen LogP contribution in [0, 0.1) is 6.92 Å². The van der Waals surface area contributed by atoms with Crippen LogP contribution < -0.4 is 4.90 Å². The number of rotatable bonds is 3. The van der Waals surface area contributed by atoms with E-state index < -0.39 is 5.97 Å². The molecule has 0 atom stereocenters. The van der Waals surface area contributed by atoms with E-state index in [-0.39, 0.29) is 0 Å². The molecule has 0 radical (unpaired) electrons. The topological polar surface area (TPSA) is 48.7 Å². The molecule has 35 heavy (non-hydrogen) atoms. The molecule has 2 fully saturated rings. The van der Waals surface area contributed by atoms with E-state index in [4.69, 9.17) is 0 Å². The van der Waals surface area contributed by atoms with Crippen molar-refractivity contribution >= 4 is 22.6 Å². The normalized spacial score (nSPS) is 20.0. The van der Waals surface area contributed by atoms with Crippen LogP contribution in [0.25, 0.3) is 22.2 Å². The summed E-state index contributed by atoms with van der Waals surface area (Å²) in [6.45, 7) is 6.35. The highest BCUT2D eigenvalue weighted by Crippen LogP contribution is 2.48. The van der Waals surface area contributed by atoms with Crippen molar-refractivity contribution < 1.29 is 9.90 Å². The minimum Gasteiger partial charge on any atom is -0.478 e. The first-order valence-electron chi connectivity index (χ1n) is 13.5. The van der Waals surface area contributed by atoms with Crippen molar-refractivity contribution in [3.63, 3.8) is 0 Å². The molecule has 2 aromatic carbocycles. The second-order valence-electron chi connectivity index (χ2n) is 11.0. The highest BCUT2D eigenvalue weighted by molar-refractivity contribution is 5.99. The second kappa shape index (κ2) is 9.02. The number of fused-ring (bicyclic) bond motifs is 5. The molecule has 0 amide bonds. The Bertz CT molecular complexity index is 1260. The average Bonchev–Trinajstić information content (AvgIpc) is 3.09. The lowest BCUT2D eigenvalue weighted by Gasteiger charge is -2.39. The molecule has 1 aromatic heterocycles. The van der Waals surface area contributed by atoms with E-state index in [0.29, 0.717) is 17.5 Å². The summed E-state index contributed by atoms with van der Waals surface area (Å²) in [6.07, 6.45) is 8.74. The minimum atomic E-state index is -0.848. The Labute approximate surface area is 208 Å². The lowest BCUT2D eigenvalue weighted by atomic mass is 9.81. The summed E-state index contributed by atoms with van der Waals surface area (Å²) in [5.41, 5.74) is 8.30. The molecule has 3 heterocycles. The number of piperidine rings is 1. The van der Waals surface area contributed by atoms with Crippen LogP contribution >= 0.6 is 0 Å². The summed E-state index contributed by atoms with van der Waals surface area (Å²) in [6, 6.07) is 13.4. The number of hydrogen-bond donors (Lipinski definition) is 1. The SMILES string of the molecule is Cc1ccc2c(c1)N(C1CCN(C)CC1)CCn1c-2c(C2CCCCC2)c2ccc(C(=O)O)cc21. The zero-order chi connectivity index (χ0) is 24.1. The summed E-state index contributed by atoms with van der Waals surface area (Å²) >= 11 is 0. The molecule has 1 saturated carbocycles. The van der Waals surface area contributed by atoms with E-state index in [1.54, 1.807) is 6.07 Å². The van der Waals surface area contributed by atoms with Gasteiger partial charge in [0.1, 0.15) is 0 Å². The third-order valence-electron chi connectivity index (χ3n) is 8.78. The van der Waals surface area contributed by atoms with Crippen molar-refractivity contribution in [1.29, 1.82) is 0 Å². The molecule has 5 nitrogen and oxygen atoms in total. The maximum atomic E-state index is 11.9. The van der Waals surface area contributed by atoms with E-state index in [2.05, 4.69) is 52.6 Å². The fourth-order valence-corrected chi connectivity index (χ4v) is 6.93. The van der Waals surface area contributed by atoms with Gasteiger partial charge in [0, 0.05) is 41.3 Å². The van der Waals surface area contributed by atoms with E-state index in [9.17, 15) is 9.90 Å². The molecule has 3 aromatic rings. The monoisotopic (exact) mass is 471 g/mol. The molecule has 5 heteroatoms. The summed E-state index contributed by atoms with van der Waals surface area (Å²) in [5.74, 6) is -0.304. The number of hydrogen-bond acceptors (Lipinski definition) is 3. The van der Waals surface area contributed by atoms with E-state index in [1.165, 1.54) is 78.4 Å². The molecule has 0 bridgehead atoms. The molecule has 184 valence electrons. The van der Waals surface area contributed by atoms with Crippen molar-refractivity contribution in [3.8, 4) is 11.3 Å². The summed E-state index contributed by atoms with van der Waals surface area (Å²) in [5, 5.41) is 11.0. The Balaban J connectivity index is 1.57. The van der Waals surface area contributed by atoms with Crippen LogP contribution in [0.4, 0.5) is 5.69 Å². The number of aromatic nitrogens is 1. The van der Waals surface area contributed by atoms with Gasteiger partial charge < -0.3 is 19.5 Å². The zero-order valence-electron chi connectivity index (χ0n) is 21.1. The first kappa shape index (κ1) is 22.7. The van der Waals surface area contributed by atoms with Gasteiger partial charge in [0.25, 0.3) is 0 Å². The summed E-state index contributed by atoms with van der Waals surface area (Å²) in [7, 11) is 2.23. The summed E-state index contributed by atoms with van der Waals surface area (Å²) < 4.78 is 2.47. The van der Waals surface area contributed by atoms with Gasteiger partial charge in [0.15, 0.2) is 0 Å². The van der Waals surface area contributed by atoms with Crippen molar-refractivity contribution in [1.82, 2.24) is 9.47 Å². The van der Waals surface area contributed by atoms with Gasteiger partial charge in [-0.25, -0.2) is 4.79 Å². The van der Waals surface area contributed by atoms with Crippen LogP contribution in [0.5, 0.6) is 0 Å². The van der Waals surface area contributed by atoms with Crippen molar-refractivity contribution in [2.75, 3.05) is 31.6 Å². The van der Waals surface area contributed by atoms with Gasteiger partial charge in [-0.05, 0) is 88.0 Å². The van der Waals surface area contributed by atoms with Gasteiger partial charge in [0.05, 0.1) is 11.3 Å². The number of nitrogens with zero attached hydrogens (tertiary/aromatic N) is 3. The number of aryl methyl sites for hydroxylation is 1. The predicted molar refractivity (Wildman–Crippen MR) is 143 cm³/mol. The van der Waals surface area contributed by atoms with Crippen molar-refractivity contribution in [2.45, 2.75) is 70.4 Å². The number of likely N-dealkylation sites (tertiary alicyclic amines) is 1. The molecule has 6 rings (SSSR count). The minimum absolute atomic E-state index is 0.383. The number of carboxylic acid groups (broad SMARTS) is 1. The number of aromatic carboxylic acids is 1. The number of carbonyl (C=O) groups is 1. The van der Waals surface area contributed by atoms with Gasteiger partial charge in [-0.3, -0.25) is 0 Å². The Morgan fingerprint density at radius 3 is 2.43 bits per heavy atom. The van der Waals surface area contributed by atoms with E-state index >= 15 is 0 Å². The maximum Gasteiger partial charge on any atom is 0.335 e. The van der Waals surface area contributed by atoms with Gasteiger partial charge in [0.2, 0.25) is 0 Å². The van der Waals surface area contributed by atoms with Gasteiger partial charge in [-0.2, -0.15) is 0 Å². The zero-order valence-corrected chi connectivity index (χ0v) is 21.1. The molecular weight excluding hydrogens is 434 g/mol. The van der Waals surface area contributed by atoms with E-state index in [1.807, 2.05) is 6.07 Å². The molecule has 1 aliphatic carbocycles. The van der Waals surface area contributed by atoms with Crippen molar-refractivity contribution in [3.05, 3.63) is 53.1 Å². The maximum absolute atomic E-state index is 11.9. The highest BCUT2D eigenvalue weighted by Gasteiger charge is 2.33. The lowest BCUT2D eigenvalue weighted by Crippen LogP contribution is -2.44. The lowest BCUT2D eigenvalue weighted by molar-refractivity contribution is 0.0697. The van der Waals surface area contributed by atoms with Gasteiger partial charge in [-0.15, -0.1) is 0 Å². The first-order chi connectivity index (χ1) is 17.0. The molecule has 0 spiro atoms. The predicted octanol–water partition coefficient (Wildman–Crippen LogP) is 6.28. The van der Waals surface area contributed by atoms with Gasteiger partial charge in [-0.1, -0.05) is 37.5 Å². The molecule has 1 N–H and O–H groups in total. The molecule has 3 aliphatic rings. The Hall–Kier alpha value is -2.79. The Kier molecular flexibility index (Phi) is 5.84. The van der Waals surface area contributed by atoms with Crippen LogP contribution in [-0.4, -0.2) is 53.3 Å². The number of carboxylic acids is 1. The Morgan fingerprint density at radius 1 is 0.914 bits per heavy atom. The van der Waals surface area contributed by atoms with Crippen LogP contribution in [0.1, 0.15) is 72.3 Å². The average molecular weight is 472 g/mol. The molecule has 2 aliphatic heterocycles. The molecule has 1 saturated heterocycles. The van der Waals surface area contributed by atoms with Gasteiger partial charge >= 0.3 is 5.97 Å². The third-order valence-corrected chi connectivity index (χ3v) is 8.78. The second-order valence-corrected chi connectivity index (χ2v) is 11.0. The van der Waals surface area contributed by atoms with Crippen LogP contribution in [0.3, 0.4) is 0 Å². The van der Waals surface area contributed by atoms with Crippen LogP contribution in [-0.2, 0) is 6.54 Å². The number of benzene rings is 2. The van der Waals surface area contributed by atoms with Crippen LogP contribution in [0.2, 0.25) is 0 Å². The standard InChI is InChI=1S/C30H37N3O2/c1-20-8-10-25-26(18-20)32(23-12-14-31(2)15-13-23)16-17-33-27-19-22(30(34)35)9-11-24(27)28(29(25)33)21-6-4-3-5-7-21/h8-11,18-19,21,23H,3-7,12-17H2,1-2H3,(H,34,35). The van der Waals surface area contributed by atoms with Crippen molar-refractivity contribution in [2.24, 2.45) is 0 Å². The molecule has 0 unspecified atom stereocenters. The fourth-order valence-electron chi connectivity index (χ4n) is 6.93. The number of anilines is 1. The quantitative estimate of drug-likeness (QED) is 0.489. The first-order valence-corrected chi connectivity index (χ1v) is 13.5. The summed E-state index contributed by atoms with van der Waals surface area (Å²) in [4.78, 5) is 17.0. The fraction of sp³-hybridized carbons (Fsp3) is 0.500. The smallest absolute Gasteiger partial charge is 0.335 e. The molecular formula is C30H37N3O2. The van der Waals surface area contributed by atoms with Crippen LogP contribution in [0.15, 0.2) is 36.4 Å².